The largest absolute Gasteiger partial charge is 0.396 e. The van der Waals surface area contributed by atoms with Gasteiger partial charge in [0.1, 0.15) is 6.61 Å². The van der Waals surface area contributed by atoms with Gasteiger partial charge in [-0.3, -0.25) is 0 Å². The summed E-state index contributed by atoms with van der Waals surface area (Å²) in [4.78, 5) is 5.28. The highest BCUT2D eigenvalue weighted by Gasteiger charge is 2.48. The second kappa shape index (κ2) is 8.13. The summed E-state index contributed by atoms with van der Waals surface area (Å²) in [5, 5.41) is 14.7. The molecule has 0 aromatic heterocycles. The second-order valence-corrected chi connectivity index (χ2v) is 7.49. The standard InChI is InChI=1S/C20H30N2O2/c1-14-10-16(15-6-3-2-4-7-15)11-18-19(23)12-17(20(14)18)13-22-24-9-5-8-21/h2-4,6-7,13-14,16-20,23H,5,8-12,21H2,1H3/b22-13+/t14-,16-,17+,18+,19-,20+/m0/s1. The summed E-state index contributed by atoms with van der Waals surface area (Å²) in [5.41, 5.74) is 6.87. The number of benzene rings is 1. The number of nitrogens with zero attached hydrogens (tertiary/aromatic N) is 1. The van der Waals surface area contributed by atoms with Gasteiger partial charge in [-0.1, -0.05) is 42.4 Å². The first-order chi connectivity index (χ1) is 11.7. The quantitative estimate of drug-likeness (QED) is 0.478. The molecule has 2 aliphatic rings. The molecule has 1 aromatic rings. The maximum absolute atomic E-state index is 10.6. The number of hydrogen-bond donors (Lipinski definition) is 2. The van der Waals surface area contributed by atoms with Crippen LogP contribution in [0, 0.1) is 23.7 Å². The molecular weight excluding hydrogens is 300 g/mol. The molecule has 132 valence electrons. The molecule has 3 rings (SSSR count). The molecule has 0 bridgehead atoms. The van der Waals surface area contributed by atoms with E-state index >= 15 is 0 Å². The van der Waals surface area contributed by atoms with Crippen molar-refractivity contribution >= 4 is 6.21 Å². The molecule has 2 saturated carbocycles. The van der Waals surface area contributed by atoms with Crippen LogP contribution >= 0.6 is 0 Å². The highest BCUT2D eigenvalue weighted by Crippen LogP contribution is 2.52. The topological polar surface area (TPSA) is 67.8 Å². The Labute approximate surface area is 145 Å². The van der Waals surface area contributed by atoms with E-state index in [1.54, 1.807) is 0 Å². The van der Waals surface area contributed by atoms with E-state index in [9.17, 15) is 5.11 Å². The van der Waals surface area contributed by atoms with Crippen LogP contribution in [0.3, 0.4) is 0 Å². The molecule has 2 fully saturated rings. The van der Waals surface area contributed by atoms with Crippen molar-refractivity contribution < 1.29 is 9.94 Å². The van der Waals surface area contributed by atoms with Crippen molar-refractivity contribution in [3.8, 4) is 0 Å². The van der Waals surface area contributed by atoms with Crippen LogP contribution in [0.2, 0.25) is 0 Å². The van der Waals surface area contributed by atoms with E-state index in [4.69, 9.17) is 10.6 Å². The summed E-state index contributed by atoms with van der Waals surface area (Å²) in [6.45, 7) is 3.53. The minimum absolute atomic E-state index is 0.218. The van der Waals surface area contributed by atoms with E-state index in [0.717, 1.165) is 19.3 Å². The Hall–Kier alpha value is -1.39. The lowest BCUT2D eigenvalue weighted by molar-refractivity contribution is 0.0660. The SMILES string of the molecule is C[C@H]1C[C@H](c2ccccc2)C[C@H]2[C@H]1[C@@H](/C=N/OCCCN)C[C@@H]2O. The number of fused-ring (bicyclic) bond motifs is 1. The molecule has 0 heterocycles. The van der Waals surface area contributed by atoms with Gasteiger partial charge in [-0.05, 0) is 61.5 Å². The number of rotatable bonds is 6. The van der Waals surface area contributed by atoms with E-state index in [1.807, 2.05) is 6.21 Å². The Balaban J connectivity index is 1.64. The van der Waals surface area contributed by atoms with Crippen LogP contribution in [-0.4, -0.2) is 30.6 Å². The Kier molecular flexibility index (Phi) is 5.90. The average molecular weight is 330 g/mol. The van der Waals surface area contributed by atoms with Crippen LogP contribution in [0.25, 0.3) is 0 Å². The van der Waals surface area contributed by atoms with Gasteiger partial charge >= 0.3 is 0 Å². The van der Waals surface area contributed by atoms with Gasteiger partial charge in [-0.15, -0.1) is 0 Å². The third-order valence-electron chi connectivity index (χ3n) is 5.90. The second-order valence-electron chi connectivity index (χ2n) is 7.49. The molecule has 0 spiro atoms. The van der Waals surface area contributed by atoms with Crippen molar-refractivity contribution in [3.63, 3.8) is 0 Å². The summed E-state index contributed by atoms with van der Waals surface area (Å²) in [6, 6.07) is 10.8. The molecule has 2 aliphatic carbocycles. The maximum atomic E-state index is 10.6. The summed E-state index contributed by atoms with van der Waals surface area (Å²) in [6.07, 6.45) is 5.62. The number of aliphatic hydroxyl groups excluding tert-OH is 1. The zero-order valence-corrected chi connectivity index (χ0v) is 14.6. The molecule has 4 nitrogen and oxygen atoms in total. The minimum Gasteiger partial charge on any atom is -0.396 e. The summed E-state index contributed by atoms with van der Waals surface area (Å²) in [5.74, 6) is 2.37. The Bertz CT molecular complexity index is 534. The monoisotopic (exact) mass is 330 g/mol. The summed E-state index contributed by atoms with van der Waals surface area (Å²) in [7, 11) is 0. The van der Waals surface area contributed by atoms with Gasteiger partial charge in [0.05, 0.1) is 6.10 Å². The Morgan fingerprint density at radius 3 is 2.79 bits per heavy atom. The molecule has 0 saturated heterocycles. The predicted octanol–water partition coefficient (Wildman–Crippen LogP) is 3.16. The molecule has 4 heteroatoms. The fourth-order valence-electron chi connectivity index (χ4n) is 4.85. The molecule has 1 aromatic carbocycles. The van der Waals surface area contributed by atoms with Crippen molar-refractivity contribution in [2.45, 2.75) is 44.6 Å². The van der Waals surface area contributed by atoms with Crippen molar-refractivity contribution in [3.05, 3.63) is 35.9 Å². The highest BCUT2D eigenvalue weighted by molar-refractivity contribution is 5.61. The first-order valence-corrected chi connectivity index (χ1v) is 9.29. The third-order valence-corrected chi connectivity index (χ3v) is 5.90. The van der Waals surface area contributed by atoms with Crippen LogP contribution in [0.5, 0.6) is 0 Å². The summed E-state index contributed by atoms with van der Waals surface area (Å²) < 4.78 is 0. The number of oxime groups is 1. The van der Waals surface area contributed by atoms with Crippen molar-refractivity contribution in [2.24, 2.45) is 34.6 Å². The van der Waals surface area contributed by atoms with Crippen LogP contribution in [0.4, 0.5) is 0 Å². The van der Waals surface area contributed by atoms with E-state index in [0.29, 0.717) is 42.7 Å². The highest BCUT2D eigenvalue weighted by atomic mass is 16.6. The Morgan fingerprint density at radius 2 is 2.04 bits per heavy atom. The molecule has 6 atom stereocenters. The average Bonchev–Trinajstić information content (AvgIpc) is 2.92. The van der Waals surface area contributed by atoms with Crippen molar-refractivity contribution in [1.29, 1.82) is 0 Å². The lowest BCUT2D eigenvalue weighted by Crippen LogP contribution is -2.34. The van der Waals surface area contributed by atoms with E-state index in [-0.39, 0.29) is 6.10 Å². The molecular formula is C20H30N2O2. The van der Waals surface area contributed by atoms with Gasteiger partial charge in [-0.25, -0.2) is 0 Å². The fourth-order valence-corrected chi connectivity index (χ4v) is 4.85. The van der Waals surface area contributed by atoms with E-state index < -0.39 is 0 Å². The van der Waals surface area contributed by atoms with Gasteiger partial charge in [-0.2, -0.15) is 0 Å². The lowest BCUT2D eigenvalue weighted by Gasteiger charge is -2.39. The minimum atomic E-state index is -0.218. The number of hydrogen-bond acceptors (Lipinski definition) is 4. The van der Waals surface area contributed by atoms with Gasteiger partial charge < -0.3 is 15.7 Å². The van der Waals surface area contributed by atoms with Crippen LogP contribution in [-0.2, 0) is 4.84 Å². The van der Waals surface area contributed by atoms with Crippen LogP contribution < -0.4 is 5.73 Å². The molecule has 24 heavy (non-hydrogen) atoms. The van der Waals surface area contributed by atoms with Gasteiger partial charge in [0.25, 0.3) is 0 Å². The number of nitrogens with two attached hydrogens (primary N) is 1. The van der Waals surface area contributed by atoms with E-state index in [1.165, 1.54) is 12.0 Å². The van der Waals surface area contributed by atoms with Crippen LogP contribution in [0.1, 0.15) is 44.1 Å². The molecule has 0 aliphatic heterocycles. The van der Waals surface area contributed by atoms with Crippen molar-refractivity contribution in [2.75, 3.05) is 13.2 Å². The Morgan fingerprint density at radius 1 is 1.25 bits per heavy atom. The predicted molar refractivity (Wildman–Crippen MR) is 96.8 cm³/mol. The molecule has 0 radical (unpaired) electrons. The zero-order chi connectivity index (χ0) is 16.9. The lowest BCUT2D eigenvalue weighted by atomic mass is 9.66. The molecule has 3 N–H and O–H groups in total. The fraction of sp³-hybridized carbons (Fsp3) is 0.650. The molecule has 0 amide bonds. The third kappa shape index (κ3) is 3.81. The maximum Gasteiger partial charge on any atom is 0.118 e. The van der Waals surface area contributed by atoms with Crippen LogP contribution in [0.15, 0.2) is 35.5 Å². The first-order valence-electron chi connectivity index (χ1n) is 9.29. The van der Waals surface area contributed by atoms with Gasteiger partial charge in [0.15, 0.2) is 0 Å². The first kappa shape index (κ1) is 17.4. The van der Waals surface area contributed by atoms with Gasteiger partial charge in [0, 0.05) is 12.1 Å². The smallest absolute Gasteiger partial charge is 0.118 e. The zero-order valence-electron chi connectivity index (χ0n) is 14.6. The summed E-state index contributed by atoms with van der Waals surface area (Å²) >= 11 is 0. The normalized spacial score (nSPS) is 36.0. The molecule has 0 unspecified atom stereocenters. The van der Waals surface area contributed by atoms with Crippen molar-refractivity contribution in [1.82, 2.24) is 0 Å². The van der Waals surface area contributed by atoms with Gasteiger partial charge in [0.2, 0.25) is 0 Å². The number of aliphatic hydroxyl groups is 1. The van der Waals surface area contributed by atoms with E-state index in [2.05, 4.69) is 42.4 Å².